The molecule has 0 bridgehead atoms. The number of nitrogens with zero attached hydrogens (tertiary/aromatic N) is 4. The highest BCUT2D eigenvalue weighted by molar-refractivity contribution is 5.83. The second-order valence-corrected chi connectivity index (χ2v) is 7.81. The highest BCUT2D eigenvalue weighted by Gasteiger charge is 2.24. The molecule has 0 amide bonds. The van der Waals surface area contributed by atoms with Crippen LogP contribution in [0.25, 0.3) is 10.9 Å². The first-order chi connectivity index (χ1) is 15.2. The van der Waals surface area contributed by atoms with E-state index >= 15 is 0 Å². The fourth-order valence-corrected chi connectivity index (χ4v) is 4.10. The van der Waals surface area contributed by atoms with Gasteiger partial charge >= 0.3 is 0 Å². The van der Waals surface area contributed by atoms with E-state index in [-0.39, 0.29) is 11.9 Å². The summed E-state index contributed by atoms with van der Waals surface area (Å²) in [5, 5.41) is 4.42. The van der Waals surface area contributed by atoms with Gasteiger partial charge in [0.2, 0.25) is 0 Å². The molecular weight excluding hydrogens is 393 g/mol. The van der Waals surface area contributed by atoms with Crippen LogP contribution in [-0.4, -0.2) is 39.1 Å². The van der Waals surface area contributed by atoms with Crippen molar-refractivity contribution in [1.82, 2.24) is 19.4 Å². The summed E-state index contributed by atoms with van der Waals surface area (Å²) >= 11 is 0. The summed E-state index contributed by atoms with van der Waals surface area (Å²) in [4.78, 5) is 11.2. The van der Waals surface area contributed by atoms with Gasteiger partial charge in [-0.05, 0) is 35.9 Å². The van der Waals surface area contributed by atoms with E-state index in [0.717, 1.165) is 25.3 Å². The molecule has 4 heterocycles. The van der Waals surface area contributed by atoms with Crippen molar-refractivity contribution in [3.8, 4) is 0 Å². The molecule has 1 N–H and O–H groups in total. The summed E-state index contributed by atoms with van der Waals surface area (Å²) in [5.74, 6) is 0.841. The number of benzene rings is 1. The van der Waals surface area contributed by atoms with Gasteiger partial charge in [0.05, 0.1) is 18.5 Å². The van der Waals surface area contributed by atoms with Crippen molar-refractivity contribution < 1.29 is 9.13 Å². The molecular formula is C24H24FN5O. The van der Waals surface area contributed by atoms with Crippen LogP contribution in [0.4, 0.5) is 16.0 Å². The molecule has 0 radical (unpaired) electrons. The van der Waals surface area contributed by atoms with Gasteiger partial charge in [0.15, 0.2) is 0 Å². The first kappa shape index (κ1) is 19.7. The zero-order valence-electron chi connectivity index (χ0n) is 17.3. The maximum absolute atomic E-state index is 13.1. The van der Waals surface area contributed by atoms with Gasteiger partial charge in [0.1, 0.15) is 23.6 Å². The van der Waals surface area contributed by atoms with Gasteiger partial charge in [-0.3, -0.25) is 4.90 Å². The Balaban J connectivity index is 1.30. The van der Waals surface area contributed by atoms with Crippen molar-refractivity contribution in [2.45, 2.75) is 12.6 Å². The zero-order chi connectivity index (χ0) is 21.2. The van der Waals surface area contributed by atoms with E-state index in [0.29, 0.717) is 18.2 Å². The maximum Gasteiger partial charge on any atom is 0.141 e. The normalized spacial score (nSPS) is 17.2. The number of ether oxygens (including phenoxy) is 1. The Hall–Kier alpha value is -3.29. The summed E-state index contributed by atoms with van der Waals surface area (Å²) in [5.41, 5.74) is 3.44. The standard InChI is InChI=1S/C24H24FN5O/c1-29-14-17(19-5-2-3-7-21(19)29)15-30-11-12-31-22(16-30)20-6-4-8-24(27-20)28-23-10-9-18(25)13-26-23/h2-10,13-14,22H,11-12,15-16H2,1H3,(H,26,27,28)/t22-/m1/s1. The fraction of sp³-hybridized carbons (Fsp3) is 0.250. The third-order valence-corrected chi connectivity index (χ3v) is 5.61. The van der Waals surface area contributed by atoms with Crippen LogP contribution in [0.5, 0.6) is 0 Å². The molecule has 0 aliphatic carbocycles. The van der Waals surface area contributed by atoms with Crippen LogP contribution in [0.2, 0.25) is 0 Å². The number of halogens is 1. The number of para-hydroxylation sites is 1. The molecule has 31 heavy (non-hydrogen) atoms. The molecule has 1 aromatic carbocycles. The first-order valence-corrected chi connectivity index (χ1v) is 10.4. The second-order valence-electron chi connectivity index (χ2n) is 7.81. The number of aryl methyl sites for hydroxylation is 1. The minimum atomic E-state index is -0.367. The number of aromatic nitrogens is 3. The fourth-order valence-electron chi connectivity index (χ4n) is 4.10. The summed E-state index contributed by atoms with van der Waals surface area (Å²) in [6.45, 7) is 3.19. The Morgan fingerprint density at radius 3 is 2.87 bits per heavy atom. The third kappa shape index (κ3) is 4.28. The third-order valence-electron chi connectivity index (χ3n) is 5.61. The van der Waals surface area contributed by atoms with Crippen molar-refractivity contribution in [3.05, 3.63) is 84.1 Å². The molecule has 158 valence electrons. The Kier molecular flexibility index (Phi) is 5.36. The van der Waals surface area contributed by atoms with Crippen LogP contribution in [0, 0.1) is 5.82 Å². The van der Waals surface area contributed by atoms with Crippen LogP contribution in [0.1, 0.15) is 17.4 Å². The quantitative estimate of drug-likeness (QED) is 0.521. The predicted octanol–water partition coefficient (Wildman–Crippen LogP) is 4.42. The largest absolute Gasteiger partial charge is 0.369 e. The molecule has 7 heteroatoms. The molecule has 1 aliphatic rings. The van der Waals surface area contributed by atoms with Crippen LogP contribution >= 0.6 is 0 Å². The average Bonchev–Trinajstić information content (AvgIpc) is 3.11. The number of hydrogen-bond donors (Lipinski definition) is 1. The molecule has 4 aromatic rings. The van der Waals surface area contributed by atoms with E-state index < -0.39 is 0 Å². The zero-order valence-corrected chi connectivity index (χ0v) is 17.3. The van der Waals surface area contributed by atoms with Gasteiger partial charge in [0, 0.05) is 43.8 Å². The minimum Gasteiger partial charge on any atom is -0.369 e. The van der Waals surface area contributed by atoms with Crippen LogP contribution in [0.15, 0.2) is 67.0 Å². The molecule has 1 fully saturated rings. The number of hydrogen-bond acceptors (Lipinski definition) is 5. The van der Waals surface area contributed by atoms with E-state index in [1.807, 2.05) is 18.2 Å². The lowest BCUT2D eigenvalue weighted by Crippen LogP contribution is -2.38. The smallest absolute Gasteiger partial charge is 0.141 e. The Bertz CT molecular complexity index is 1190. The molecule has 0 saturated carbocycles. The molecule has 1 atom stereocenters. The van der Waals surface area contributed by atoms with Crippen molar-refractivity contribution in [2.75, 3.05) is 25.0 Å². The lowest BCUT2D eigenvalue weighted by atomic mass is 10.1. The van der Waals surface area contributed by atoms with Crippen molar-refractivity contribution in [2.24, 2.45) is 7.05 Å². The molecule has 1 aliphatic heterocycles. The SMILES string of the molecule is Cn1cc(CN2CCO[C@@H](c3cccc(Nc4ccc(F)cn4)n3)C2)c2ccccc21. The van der Waals surface area contributed by atoms with E-state index in [9.17, 15) is 4.39 Å². The number of morpholine rings is 1. The second kappa shape index (κ2) is 8.45. The highest BCUT2D eigenvalue weighted by atomic mass is 19.1. The number of pyridine rings is 2. The van der Waals surface area contributed by atoms with Gasteiger partial charge in [-0.15, -0.1) is 0 Å². The molecule has 5 rings (SSSR count). The number of anilines is 2. The monoisotopic (exact) mass is 417 g/mol. The van der Waals surface area contributed by atoms with E-state index in [2.05, 4.69) is 57.3 Å². The van der Waals surface area contributed by atoms with Crippen molar-refractivity contribution >= 4 is 22.5 Å². The molecule has 6 nitrogen and oxygen atoms in total. The Labute approximate surface area is 180 Å². The average molecular weight is 417 g/mol. The Morgan fingerprint density at radius 2 is 2.00 bits per heavy atom. The topological polar surface area (TPSA) is 55.2 Å². The van der Waals surface area contributed by atoms with E-state index in [1.165, 1.54) is 28.7 Å². The van der Waals surface area contributed by atoms with Crippen LogP contribution in [-0.2, 0) is 18.3 Å². The lowest BCUT2D eigenvalue weighted by molar-refractivity contribution is -0.0348. The van der Waals surface area contributed by atoms with Crippen molar-refractivity contribution in [3.63, 3.8) is 0 Å². The van der Waals surface area contributed by atoms with Crippen LogP contribution < -0.4 is 5.32 Å². The first-order valence-electron chi connectivity index (χ1n) is 10.4. The van der Waals surface area contributed by atoms with Gasteiger partial charge < -0.3 is 14.6 Å². The summed E-state index contributed by atoms with van der Waals surface area (Å²) in [7, 11) is 2.09. The van der Waals surface area contributed by atoms with Gasteiger partial charge in [-0.1, -0.05) is 24.3 Å². The van der Waals surface area contributed by atoms with Gasteiger partial charge in [-0.2, -0.15) is 0 Å². The number of fused-ring (bicyclic) bond motifs is 1. The molecule has 1 saturated heterocycles. The summed E-state index contributed by atoms with van der Waals surface area (Å²) in [6.07, 6.45) is 3.29. The molecule has 0 unspecified atom stereocenters. The summed E-state index contributed by atoms with van der Waals surface area (Å²) in [6, 6.07) is 17.3. The van der Waals surface area contributed by atoms with E-state index in [1.54, 1.807) is 6.07 Å². The Morgan fingerprint density at radius 1 is 1.10 bits per heavy atom. The highest BCUT2D eigenvalue weighted by Crippen LogP contribution is 2.26. The predicted molar refractivity (Wildman–Crippen MR) is 119 cm³/mol. The van der Waals surface area contributed by atoms with Gasteiger partial charge in [-0.25, -0.2) is 14.4 Å². The number of nitrogens with one attached hydrogen (secondary N) is 1. The lowest BCUT2D eigenvalue weighted by Gasteiger charge is -2.32. The maximum atomic E-state index is 13.1. The number of rotatable bonds is 5. The summed E-state index contributed by atoms with van der Waals surface area (Å²) < 4.78 is 21.3. The van der Waals surface area contributed by atoms with Gasteiger partial charge in [0.25, 0.3) is 0 Å². The molecule has 0 spiro atoms. The van der Waals surface area contributed by atoms with E-state index in [4.69, 9.17) is 9.72 Å². The minimum absolute atomic E-state index is 0.105. The van der Waals surface area contributed by atoms with Crippen LogP contribution in [0.3, 0.4) is 0 Å². The van der Waals surface area contributed by atoms with Crippen molar-refractivity contribution in [1.29, 1.82) is 0 Å². The molecule has 3 aromatic heterocycles.